The second kappa shape index (κ2) is 6.37. The fourth-order valence-electron chi connectivity index (χ4n) is 4.14. The number of ketones is 1. The smallest absolute Gasteiger partial charge is 0.226 e. The Morgan fingerprint density at radius 2 is 2.04 bits per heavy atom. The van der Waals surface area contributed by atoms with Crippen molar-refractivity contribution in [3.63, 3.8) is 0 Å². The van der Waals surface area contributed by atoms with Crippen molar-refractivity contribution in [3.8, 4) is 5.75 Å². The number of hydrogen-bond donors (Lipinski definition) is 1. The number of ether oxygens (including phenoxy) is 1. The van der Waals surface area contributed by atoms with Gasteiger partial charge in [-0.05, 0) is 43.2 Å². The van der Waals surface area contributed by atoms with Crippen LogP contribution in [0.2, 0.25) is 0 Å². The van der Waals surface area contributed by atoms with Crippen molar-refractivity contribution >= 4 is 11.7 Å². The lowest BCUT2D eigenvalue weighted by Gasteiger charge is -2.34. The number of aryl methyl sites for hydroxylation is 1. The van der Waals surface area contributed by atoms with Crippen LogP contribution in [-0.4, -0.2) is 27.7 Å². The summed E-state index contributed by atoms with van der Waals surface area (Å²) < 4.78 is 12.6. The van der Waals surface area contributed by atoms with Gasteiger partial charge in [0.15, 0.2) is 5.78 Å². The topological polar surface area (TPSA) is 82.2 Å². The van der Waals surface area contributed by atoms with Gasteiger partial charge in [-0.25, -0.2) is 4.68 Å². The summed E-state index contributed by atoms with van der Waals surface area (Å²) in [5.41, 5.74) is 2.63. The van der Waals surface area contributed by atoms with Crippen molar-refractivity contribution in [1.82, 2.24) is 14.8 Å². The van der Waals surface area contributed by atoms with Crippen molar-refractivity contribution in [2.45, 2.75) is 31.7 Å². The first kappa shape index (κ1) is 16.8. The first-order valence-electron chi connectivity index (χ1n) is 9.28. The van der Waals surface area contributed by atoms with E-state index in [1.807, 2.05) is 43.3 Å². The number of rotatable bonds is 3. The monoisotopic (exact) mass is 376 g/mol. The summed E-state index contributed by atoms with van der Waals surface area (Å²) in [5.74, 6) is 3.07. The molecule has 0 radical (unpaired) electrons. The van der Waals surface area contributed by atoms with Crippen molar-refractivity contribution in [2.24, 2.45) is 0 Å². The van der Waals surface area contributed by atoms with Crippen LogP contribution in [0, 0.1) is 6.92 Å². The lowest BCUT2D eigenvalue weighted by molar-refractivity contribution is -0.117. The molecule has 0 amide bonds. The maximum Gasteiger partial charge on any atom is 0.226 e. The van der Waals surface area contributed by atoms with Gasteiger partial charge in [-0.1, -0.05) is 12.1 Å². The molecular formula is C21H20N4O3. The van der Waals surface area contributed by atoms with E-state index in [1.165, 1.54) is 0 Å². The zero-order valence-corrected chi connectivity index (χ0v) is 15.7. The maximum atomic E-state index is 13.2. The molecular weight excluding hydrogens is 356 g/mol. The van der Waals surface area contributed by atoms with Crippen molar-refractivity contribution in [1.29, 1.82) is 0 Å². The predicted octanol–water partition coefficient (Wildman–Crippen LogP) is 3.60. The number of Topliss-reactive ketones (excluding diaryl/α,β-unsaturated/α-hetero) is 1. The van der Waals surface area contributed by atoms with E-state index >= 15 is 0 Å². The molecule has 0 saturated heterocycles. The van der Waals surface area contributed by atoms with E-state index in [2.05, 4.69) is 15.4 Å². The SMILES string of the molecule is COc1ccc([C@H]2C3=C(C[C@@H](c4ccco4)CC3=O)Nc3nc(C)nn32)cc1. The van der Waals surface area contributed by atoms with Crippen molar-refractivity contribution in [2.75, 3.05) is 12.4 Å². The summed E-state index contributed by atoms with van der Waals surface area (Å²) in [5, 5.41) is 7.90. The van der Waals surface area contributed by atoms with Crippen LogP contribution >= 0.6 is 0 Å². The summed E-state index contributed by atoms with van der Waals surface area (Å²) in [6.07, 6.45) is 2.77. The highest BCUT2D eigenvalue weighted by Gasteiger charge is 2.40. The molecule has 0 saturated carbocycles. The highest BCUT2D eigenvalue weighted by Crippen LogP contribution is 2.44. The minimum absolute atomic E-state index is 0.0286. The quantitative estimate of drug-likeness (QED) is 0.752. The van der Waals surface area contributed by atoms with Gasteiger partial charge in [0.2, 0.25) is 5.95 Å². The normalized spacial score (nSPS) is 21.1. The number of nitrogens with zero attached hydrogens (tertiary/aromatic N) is 3. The van der Waals surface area contributed by atoms with Gasteiger partial charge in [0, 0.05) is 23.6 Å². The molecule has 7 nitrogen and oxygen atoms in total. The van der Waals surface area contributed by atoms with Crippen LogP contribution in [0.3, 0.4) is 0 Å². The Bertz CT molecular complexity index is 1060. The number of fused-ring (bicyclic) bond motifs is 1. The van der Waals surface area contributed by atoms with Gasteiger partial charge in [0.05, 0.1) is 13.4 Å². The molecule has 0 bridgehead atoms. The van der Waals surface area contributed by atoms with Gasteiger partial charge in [-0.2, -0.15) is 10.1 Å². The molecule has 2 aromatic heterocycles. The first-order valence-corrected chi connectivity index (χ1v) is 9.28. The Labute approximate surface area is 162 Å². The average Bonchev–Trinajstić information content (AvgIpc) is 3.35. The number of allylic oxidation sites excluding steroid dienone is 2. The lowest BCUT2D eigenvalue weighted by Crippen LogP contribution is -2.33. The van der Waals surface area contributed by atoms with Gasteiger partial charge in [0.25, 0.3) is 0 Å². The summed E-state index contributed by atoms with van der Waals surface area (Å²) in [6.45, 7) is 1.85. The van der Waals surface area contributed by atoms with Crippen LogP contribution in [0.5, 0.6) is 5.75 Å². The fraction of sp³-hybridized carbons (Fsp3) is 0.286. The fourth-order valence-corrected chi connectivity index (χ4v) is 4.14. The number of carbonyl (C=O) groups excluding carboxylic acids is 1. The number of furan rings is 1. The van der Waals surface area contributed by atoms with Gasteiger partial charge >= 0.3 is 0 Å². The van der Waals surface area contributed by atoms with E-state index in [0.717, 1.165) is 28.3 Å². The number of hydrogen-bond acceptors (Lipinski definition) is 6. The highest BCUT2D eigenvalue weighted by molar-refractivity contribution is 6.00. The largest absolute Gasteiger partial charge is 0.497 e. The number of aromatic nitrogens is 3. The first-order chi connectivity index (χ1) is 13.6. The zero-order valence-electron chi connectivity index (χ0n) is 15.7. The Morgan fingerprint density at radius 1 is 1.21 bits per heavy atom. The minimum Gasteiger partial charge on any atom is -0.497 e. The van der Waals surface area contributed by atoms with E-state index in [0.29, 0.717) is 24.6 Å². The summed E-state index contributed by atoms with van der Waals surface area (Å²) in [6, 6.07) is 11.2. The summed E-state index contributed by atoms with van der Waals surface area (Å²) in [7, 11) is 1.64. The van der Waals surface area contributed by atoms with Crippen LogP contribution in [0.15, 0.2) is 58.3 Å². The third-order valence-corrected chi connectivity index (χ3v) is 5.40. The Balaban J connectivity index is 1.61. The standard InChI is InChI=1S/C21H20N4O3/c1-12-22-21-23-16-10-14(18-4-3-9-28-18)11-17(26)19(16)20(25(21)24-12)13-5-7-15(27-2)8-6-13/h3-9,14,20H,10-11H2,1-2H3,(H,22,23,24)/t14-,20+/m1/s1. The van der Waals surface area contributed by atoms with Crippen molar-refractivity contribution < 1.29 is 13.9 Å². The van der Waals surface area contributed by atoms with Crippen molar-refractivity contribution in [3.05, 3.63) is 71.1 Å². The molecule has 0 fully saturated rings. The van der Waals surface area contributed by atoms with Crippen LogP contribution in [-0.2, 0) is 4.79 Å². The molecule has 2 atom stereocenters. The molecule has 3 aromatic rings. The Morgan fingerprint density at radius 3 is 2.75 bits per heavy atom. The molecule has 1 aliphatic heterocycles. The molecule has 2 aliphatic rings. The number of benzene rings is 1. The molecule has 3 heterocycles. The number of anilines is 1. The Kier molecular flexibility index (Phi) is 3.82. The van der Waals surface area contributed by atoms with E-state index in [-0.39, 0.29) is 17.7 Å². The third kappa shape index (κ3) is 2.62. The zero-order chi connectivity index (χ0) is 19.3. The van der Waals surface area contributed by atoms with Crippen LogP contribution < -0.4 is 10.1 Å². The third-order valence-electron chi connectivity index (χ3n) is 5.40. The summed E-state index contributed by atoms with van der Waals surface area (Å²) >= 11 is 0. The van der Waals surface area contributed by atoms with Crippen LogP contribution in [0.25, 0.3) is 0 Å². The van der Waals surface area contributed by atoms with Gasteiger partial charge in [0.1, 0.15) is 23.4 Å². The van der Waals surface area contributed by atoms with E-state index in [4.69, 9.17) is 9.15 Å². The van der Waals surface area contributed by atoms with Gasteiger partial charge < -0.3 is 14.5 Å². The molecule has 0 unspecified atom stereocenters. The van der Waals surface area contributed by atoms with Gasteiger partial charge in [-0.15, -0.1) is 0 Å². The van der Waals surface area contributed by atoms with Crippen LogP contribution in [0.1, 0.15) is 41.9 Å². The second-order valence-corrected chi connectivity index (χ2v) is 7.16. The molecule has 1 aliphatic carbocycles. The summed E-state index contributed by atoms with van der Waals surface area (Å²) in [4.78, 5) is 17.7. The minimum atomic E-state index is -0.302. The van der Waals surface area contributed by atoms with E-state index in [1.54, 1.807) is 18.1 Å². The van der Waals surface area contributed by atoms with Gasteiger partial charge in [-0.3, -0.25) is 4.79 Å². The molecule has 0 spiro atoms. The maximum absolute atomic E-state index is 13.2. The highest BCUT2D eigenvalue weighted by atomic mass is 16.5. The molecule has 142 valence electrons. The predicted molar refractivity (Wildman–Crippen MR) is 102 cm³/mol. The molecule has 1 N–H and O–H groups in total. The number of carbonyl (C=O) groups is 1. The number of methoxy groups -OCH3 is 1. The number of nitrogens with one attached hydrogen (secondary N) is 1. The Hall–Kier alpha value is -3.35. The van der Waals surface area contributed by atoms with E-state index in [9.17, 15) is 4.79 Å². The molecule has 5 rings (SSSR count). The molecule has 28 heavy (non-hydrogen) atoms. The average molecular weight is 376 g/mol. The second-order valence-electron chi connectivity index (χ2n) is 7.16. The molecule has 7 heteroatoms. The molecule has 1 aromatic carbocycles. The van der Waals surface area contributed by atoms with E-state index < -0.39 is 0 Å². The lowest BCUT2D eigenvalue weighted by atomic mass is 9.79. The van der Waals surface area contributed by atoms with Crippen LogP contribution in [0.4, 0.5) is 5.95 Å².